The first-order valence-electron chi connectivity index (χ1n) is 8.03. The summed E-state index contributed by atoms with van der Waals surface area (Å²) in [5.74, 6) is 0.228. The van der Waals surface area contributed by atoms with E-state index in [9.17, 15) is 4.79 Å². The number of ether oxygens (including phenoxy) is 2. The second kappa shape index (κ2) is 8.22. The van der Waals surface area contributed by atoms with Gasteiger partial charge >= 0.3 is 5.97 Å². The van der Waals surface area contributed by atoms with Gasteiger partial charge in [0.1, 0.15) is 11.2 Å². The minimum Gasteiger partial charge on any atom is -0.519 e. The maximum atomic E-state index is 10.2. The van der Waals surface area contributed by atoms with Crippen LogP contribution >= 0.6 is 0 Å². The molecule has 0 aromatic rings. The fraction of sp³-hybridized carbons (Fsp3) is 0.833. The highest BCUT2D eigenvalue weighted by Gasteiger charge is 2.40. The number of carbonyl (C=O) groups is 1. The average molecular weight is 347 g/mol. The first kappa shape index (κ1) is 24.3. The van der Waals surface area contributed by atoms with Crippen LogP contribution in [0.1, 0.15) is 69.2 Å². The molecular weight excluding hydrogens is 308 g/mol. The van der Waals surface area contributed by atoms with Crippen LogP contribution in [0.5, 0.6) is 0 Å². The molecule has 0 aromatic heterocycles. The number of carbonyl (C=O) groups excluding carboxylic acids is 1. The molecule has 0 saturated heterocycles. The van der Waals surface area contributed by atoms with Gasteiger partial charge in [-0.1, -0.05) is 20.8 Å². The molecule has 0 atom stereocenters. The van der Waals surface area contributed by atoms with Crippen molar-refractivity contribution >= 4 is 14.3 Å². The summed E-state index contributed by atoms with van der Waals surface area (Å²) < 4.78 is 16.3. The van der Waals surface area contributed by atoms with Crippen molar-refractivity contribution < 1.29 is 18.7 Å². The molecule has 0 aromatic carbocycles. The van der Waals surface area contributed by atoms with E-state index in [-0.39, 0.29) is 22.2 Å². The monoisotopic (exact) mass is 346 g/mol. The Morgan fingerprint density at radius 2 is 1.17 bits per heavy atom. The minimum absolute atomic E-state index is 0.178. The Balaban J connectivity index is 0. The van der Waals surface area contributed by atoms with E-state index in [1.165, 1.54) is 6.92 Å². The normalized spacial score (nSPS) is 12.7. The van der Waals surface area contributed by atoms with Gasteiger partial charge in [0.05, 0.1) is 0 Å². The minimum atomic E-state index is -1.79. The van der Waals surface area contributed by atoms with Gasteiger partial charge in [0, 0.05) is 6.92 Å². The highest BCUT2D eigenvalue weighted by atomic mass is 28.4. The molecule has 0 bridgehead atoms. The van der Waals surface area contributed by atoms with Crippen LogP contribution in [-0.2, 0) is 18.7 Å². The third kappa shape index (κ3) is 14.4. The quantitative estimate of drug-likeness (QED) is 0.377. The lowest BCUT2D eigenvalue weighted by molar-refractivity contribution is -0.151. The second-order valence-corrected chi connectivity index (χ2v) is 13.9. The van der Waals surface area contributed by atoms with Crippen molar-refractivity contribution in [3.05, 3.63) is 12.5 Å². The molecule has 0 heterocycles. The molecule has 0 rings (SSSR count). The van der Waals surface area contributed by atoms with E-state index in [1.54, 1.807) is 0 Å². The van der Waals surface area contributed by atoms with Crippen molar-refractivity contribution in [1.29, 1.82) is 0 Å². The molecule has 0 aliphatic heterocycles. The standard InChI is InChI=1S/C12H26O2Si.C6H12O2/c1-10(13-11(2,3)4)14-15(8,9)12(5,6)7;1-5(7)8-6(2,3)4/h1H2,2-9H3;1-4H3. The maximum Gasteiger partial charge on any atom is 0.303 e. The third-order valence-electron chi connectivity index (χ3n) is 3.05. The molecule has 23 heavy (non-hydrogen) atoms. The molecule has 0 amide bonds. The molecule has 0 aliphatic rings. The summed E-state index contributed by atoms with van der Waals surface area (Å²) in [4.78, 5) is 10.2. The maximum absolute atomic E-state index is 10.2. The summed E-state index contributed by atoms with van der Waals surface area (Å²) in [7, 11) is -1.79. The predicted octanol–water partition coefficient (Wildman–Crippen LogP) is 5.64. The van der Waals surface area contributed by atoms with Gasteiger partial charge in [0.15, 0.2) is 0 Å². The molecule has 0 spiro atoms. The lowest BCUT2D eigenvalue weighted by atomic mass is 10.2. The molecule has 4 nitrogen and oxygen atoms in total. The van der Waals surface area contributed by atoms with Gasteiger partial charge in [0.2, 0.25) is 0 Å². The lowest BCUT2D eigenvalue weighted by Gasteiger charge is -2.37. The average Bonchev–Trinajstić information content (AvgIpc) is 2.06. The first-order chi connectivity index (χ1) is 9.77. The molecule has 138 valence electrons. The van der Waals surface area contributed by atoms with E-state index in [0.29, 0.717) is 5.95 Å². The number of hydrogen-bond donors (Lipinski definition) is 0. The van der Waals surface area contributed by atoms with Crippen molar-refractivity contribution in [2.24, 2.45) is 0 Å². The van der Waals surface area contributed by atoms with Crippen molar-refractivity contribution in [2.45, 2.75) is 98.6 Å². The molecule has 5 heteroatoms. The lowest BCUT2D eigenvalue weighted by Crippen LogP contribution is -2.41. The van der Waals surface area contributed by atoms with Gasteiger partial charge in [-0.25, -0.2) is 0 Å². The summed E-state index contributed by atoms with van der Waals surface area (Å²) in [5.41, 5.74) is -0.564. The van der Waals surface area contributed by atoms with Crippen LogP contribution in [0.3, 0.4) is 0 Å². The molecule has 0 unspecified atom stereocenters. The Labute approximate surface area is 144 Å². The van der Waals surface area contributed by atoms with Crippen LogP contribution in [0.2, 0.25) is 18.1 Å². The predicted molar refractivity (Wildman–Crippen MR) is 99.8 cm³/mol. The van der Waals surface area contributed by atoms with E-state index >= 15 is 0 Å². The van der Waals surface area contributed by atoms with E-state index in [0.717, 1.165) is 0 Å². The van der Waals surface area contributed by atoms with Gasteiger partial charge < -0.3 is 13.9 Å². The summed E-state index contributed by atoms with van der Waals surface area (Å²) in [6, 6.07) is 0. The molecule has 0 fully saturated rings. The van der Waals surface area contributed by atoms with E-state index in [1.807, 2.05) is 41.5 Å². The highest BCUT2D eigenvalue weighted by molar-refractivity contribution is 6.74. The van der Waals surface area contributed by atoms with Crippen LogP contribution in [0.15, 0.2) is 12.5 Å². The topological polar surface area (TPSA) is 44.8 Å². The van der Waals surface area contributed by atoms with E-state index in [4.69, 9.17) is 13.9 Å². The van der Waals surface area contributed by atoms with Crippen LogP contribution in [0, 0.1) is 0 Å². The zero-order chi connectivity index (χ0) is 19.3. The molecule has 0 saturated carbocycles. The second-order valence-electron chi connectivity index (χ2n) is 9.15. The van der Waals surface area contributed by atoms with E-state index < -0.39 is 8.32 Å². The fourth-order valence-corrected chi connectivity index (χ4v) is 2.15. The summed E-state index contributed by atoms with van der Waals surface area (Å²) in [5, 5.41) is 0.178. The Kier molecular flexibility index (Phi) is 8.68. The van der Waals surface area contributed by atoms with Crippen molar-refractivity contribution in [3.63, 3.8) is 0 Å². The highest BCUT2D eigenvalue weighted by Crippen LogP contribution is 2.38. The summed E-state index contributed by atoms with van der Waals surface area (Å²) >= 11 is 0. The van der Waals surface area contributed by atoms with Crippen molar-refractivity contribution in [1.82, 2.24) is 0 Å². The Morgan fingerprint density at radius 1 is 0.826 bits per heavy atom. The van der Waals surface area contributed by atoms with Crippen LogP contribution < -0.4 is 0 Å². The molecule has 0 N–H and O–H groups in total. The van der Waals surface area contributed by atoms with Crippen LogP contribution in [-0.4, -0.2) is 25.5 Å². The number of rotatable bonds is 3. The summed E-state index contributed by atoms with van der Waals surface area (Å²) in [6.07, 6.45) is 0. The largest absolute Gasteiger partial charge is 0.519 e. The Bertz CT molecular complexity index is 393. The van der Waals surface area contributed by atoms with Crippen LogP contribution in [0.25, 0.3) is 0 Å². The molecular formula is C18H38O4Si. The fourth-order valence-electron chi connectivity index (χ4n) is 1.23. The Morgan fingerprint density at radius 3 is 1.35 bits per heavy atom. The van der Waals surface area contributed by atoms with E-state index in [2.05, 4.69) is 40.4 Å². The molecule has 0 aliphatic carbocycles. The zero-order valence-electron chi connectivity index (χ0n) is 17.3. The van der Waals surface area contributed by atoms with Crippen molar-refractivity contribution in [2.75, 3.05) is 0 Å². The van der Waals surface area contributed by atoms with Gasteiger partial charge in [-0.3, -0.25) is 4.79 Å². The SMILES string of the molecule is C=C(OC(C)(C)C)O[Si](C)(C)C(C)(C)C.CC(=O)OC(C)(C)C. The van der Waals surface area contributed by atoms with Gasteiger partial charge in [0.25, 0.3) is 14.3 Å². The van der Waals surface area contributed by atoms with Gasteiger partial charge in [-0.05, 0) is 66.3 Å². The third-order valence-corrected chi connectivity index (χ3v) is 7.40. The van der Waals surface area contributed by atoms with Gasteiger partial charge in [-0.2, -0.15) is 0 Å². The first-order valence-corrected chi connectivity index (χ1v) is 10.9. The zero-order valence-corrected chi connectivity index (χ0v) is 18.3. The van der Waals surface area contributed by atoms with Gasteiger partial charge in [-0.15, -0.1) is 0 Å². The smallest absolute Gasteiger partial charge is 0.303 e. The van der Waals surface area contributed by atoms with Crippen molar-refractivity contribution in [3.8, 4) is 0 Å². The number of esters is 1. The summed E-state index contributed by atoms with van der Waals surface area (Å²) in [6.45, 7) is 27.7. The Hall–Kier alpha value is -0.973. The molecule has 0 radical (unpaired) electrons. The number of hydrogen-bond acceptors (Lipinski definition) is 4. The van der Waals surface area contributed by atoms with Crippen LogP contribution in [0.4, 0.5) is 0 Å².